The van der Waals surface area contributed by atoms with Crippen molar-refractivity contribution in [3.63, 3.8) is 0 Å². The number of benzene rings is 1. The van der Waals surface area contributed by atoms with Crippen molar-refractivity contribution >= 4 is 10.8 Å². The summed E-state index contributed by atoms with van der Waals surface area (Å²) in [6.07, 6.45) is 4.19. The van der Waals surface area contributed by atoms with Crippen LogP contribution in [0.3, 0.4) is 0 Å². The lowest BCUT2D eigenvalue weighted by molar-refractivity contribution is 0.198. The van der Waals surface area contributed by atoms with E-state index in [1.807, 2.05) is 0 Å². The van der Waals surface area contributed by atoms with Crippen LogP contribution < -0.4 is 0 Å². The fraction of sp³-hybridized carbons (Fsp3) is 0.526. The van der Waals surface area contributed by atoms with Gasteiger partial charge in [-0.05, 0) is 23.7 Å². The Morgan fingerprint density at radius 3 is 2.68 bits per heavy atom. The molecule has 0 saturated heterocycles. The van der Waals surface area contributed by atoms with Crippen LogP contribution in [0.4, 0.5) is 0 Å². The first-order chi connectivity index (χ1) is 9.16. The van der Waals surface area contributed by atoms with Gasteiger partial charge in [0.1, 0.15) is 0 Å². The number of rotatable bonds is 2. The molecule has 0 radical (unpaired) electrons. The molecule has 1 fully saturated rings. The van der Waals surface area contributed by atoms with E-state index in [1.54, 1.807) is 5.56 Å². The Morgan fingerprint density at radius 2 is 1.89 bits per heavy atom. The average molecular weight is 253 g/mol. The Balaban J connectivity index is 2.02. The highest BCUT2D eigenvalue weighted by Crippen LogP contribution is 2.46. The van der Waals surface area contributed by atoms with Crippen molar-refractivity contribution in [2.45, 2.75) is 46.0 Å². The fourth-order valence-corrected chi connectivity index (χ4v) is 4.06. The summed E-state index contributed by atoms with van der Waals surface area (Å²) in [6.45, 7) is 7.23. The molecule has 1 aliphatic carbocycles. The lowest BCUT2D eigenvalue weighted by Crippen LogP contribution is -2.25. The Morgan fingerprint density at radius 1 is 1.11 bits per heavy atom. The summed E-state index contributed by atoms with van der Waals surface area (Å²) in [4.78, 5) is 0. The minimum Gasteiger partial charge on any atom is -0.168 e. The van der Waals surface area contributed by atoms with Gasteiger partial charge in [-0.15, -0.1) is 40.6 Å². The van der Waals surface area contributed by atoms with Gasteiger partial charge in [0.05, 0.1) is 0 Å². The van der Waals surface area contributed by atoms with Gasteiger partial charge < -0.3 is 0 Å². The molecule has 2 aromatic carbocycles. The van der Waals surface area contributed by atoms with Crippen LogP contribution in [0.2, 0.25) is 0 Å². The van der Waals surface area contributed by atoms with Gasteiger partial charge in [-0.3, -0.25) is 0 Å². The lowest BCUT2D eigenvalue weighted by atomic mass is 9.67. The van der Waals surface area contributed by atoms with Crippen molar-refractivity contribution in [2.75, 3.05) is 0 Å². The SMILES string of the molecule is CC(C)[C@@H]1CC[C@@H](C)CC1[c-]1ccc2ccccc21. The van der Waals surface area contributed by atoms with E-state index in [4.69, 9.17) is 0 Å². The molecule has 0 aromatic heterocycles. The first-order valence-electron chi connectivity index (χ1n) is 7.81. The van der Waals surface area contributed by atoms with Gasteiger partial charge >= 0.3 is 0 Å². The van der Waals surface area contributed by atoms with E-state index >= 15 is 0 Å². The van der Waals surface area contributed by atoms with E-state index < -0.39 is 0 Å². The molecular weight excluding hydrogens is 228 g/mol. The van der Waals surface area contributed by atoms with Gasteiger partial charge in [0.2, 0.25) is 0 Å². The average Bonchev–Trinajstić information content (AvgIpc) is 2.82. The largest absolute Gasteiger partial charge is 0.168 e. The van der Waals surface area contributed by atoms with E-state index in [2.05, 4.69) is 57.2 Å². The molecule has 0 N–H and O–H groups in total. The summed E-state index contributed by atoms with van der Waals surface area (Å²) in [5.74, 6) is 3.31. The molecule has 0 aliphatic heterocycles. The van der Waals surface area contributed by atoms with Crippen molar-refractivity contribution < 1.29 is 0 Å². The monoisotopic (exact) mass is 253 g/mol. The topological polar surface area (TPSA) is 0 Å². The van der Waals surface area contributed by atoms with E-state index in [0.29, 0.717) is 0 Å². The molecule has 1 saturated carbocycles. The van der Waals surface area contributed by atoms with Crippen LogP contribution >= 0.6 is 0 Å². The molecule has 3 atom stereocenters. The maximum atomic E-state index is 2.43. The maximum Gasteiger partial charge on any atom is -0.0402 e. The fourth-order valence-electron chi connectivity index (χ4n) is 4.06. The lowest BCUT2D eigenvalue weighted by Gasteiger charge is -2.39. The molecule has 0 spiro atoms. The third-order valence-electron chi connectivity index (χ3n) is 5.14. The Kier molecular flexibility index (Phi) is 3.43. The third-order valence-corrected chi connectivity index (χ3v) is 5.14. The molecule has 0 heterocycles. The van der Waals surface area contributed by atoms with E-state index in [1.165, 1.54) is 30.0 Å². The summed E-state index contributed by atoms with van der Waals surface area (Å²) in [5.41, 5.74) is 1.61. The van der Waals surface area contributed by atoms with Crippen LogP contribution in [0.25, 0.3) is 10.8 Å². The highest BCUT2D eigenvalue weighted by molar-refractivity contribution is 5.88. The highest BCUT2D eigenvalue weighted by atomic mass is 14.4. The van der Waals surface area contributed by atoms with Crippen molar-refractivity contribution in [3.8, 4) is 0 Å². The smallest absolute Gasteiger partial charge is 0.0402 e. The van der Waals surface area contributed by atoms with Gasteiger partial charge in [0.25, 0.3) is 0 Å². The first kappa shape index (κ1) is 12.8. The predicted molar refractivity (Wildman–Crippen MR) is 83.6 cm³/mol. The summed E-state index contributed by atoms with van der Waals surface area (Å²) >= 11 is 0. The highest BCUT2D eigenvalue weighted by Gasteiger charge is 2.30. The zero-order valence-electron chi connectivity index (χ0n) is 12.4. The van der Waals surface area contributed by atoms with Gasteiger partial charge in [0, 0.05) is 0 Å². The molecule has 2 aromatic rings. The van der Waals surface area contributed by atoms with Crippen LogP contribution in [0.15, 0.2) is 36.4 Å². The Labute approximate surface area is 117 Å². The number of hydrogen-bond acceptors (Lipinski definition) is 0. The van der Waals surface area contributed by atoms with Crippen molar-refractivity contribution in [1.29, 1.82) is 0 Å². The summed E-state index contributed by atoms with van der Waals surface area (Å²) in [5, 5.41) is 2.91. The number of fused-ring (bicyclic) bond motifs is 1. The van der Waals surface area contributed by atoms with E-state index in [9.17, 15) is 0 Å². The quantitative estimate of drug-likeness (QED) is 0.599. The summed E-state index contributed by atoms with van der Waals surface area (Å²) in [7, 11) is 0. The van der Waals surface area contributed by atoms with Crippen molar-refractivity contribution in [3.05, 3.63) is 42.0 Å². The molecule has 0 nitrogen and oxygen atoms in total. The standard InChI is InChI=1S/C19H25/c1-13(2)16-10-8-14(3)12-19(16)18-11-9-15-6-4-5-7-17(15)18/h4-7,9,11,13-14,16,19H,8,10,12H2,1-3H3/q-1/t14-,16+,19?/m1/s1. The second-order valence-corrected chi connectivity index (χ2v) is 6.81. The zero-order chi connectivity index (χ0) is 13.4. The summed E-state index contributed by atoms with van der Waals surface area (Å²) < 4.78 is 0. The van der Waals surface area contributed by atoms with Crippen LogP contribution in [-0.4, -0.2) is 0 Å². The molecule has 3 rings (SSSR count). The normalized spacial score (nSPS) is 28.1. The molecule has 1 unspecified atom stereocenters. The molecule has 0 amide bonds. The van der Waals surface area contributed by atoms with Crippen LogP contribution in [0.5, 0.6) is 0 Å². The van der Waals surface area contributed by atoms with Crippen molar-refractivity contribution in [1.82, 2.24) is 0 Å². The molecule has 0 bridgehead atoms. The second kappa shape index (κ2) is 5.07. The van der Waals surface area contributed by atoms with Gasteiger partial charge in [-0.1, -0.05) is 46.1 Å². The Hall–Kier alpha value is -1.17. The second-order valence-electron chi connectivity index (χ2n) is 6.81. The molecular formula is C19H25-. The number of hydrogen-bond donors (Lipinski definition) is 0. The minimum atomic E-state index is 0.767. The van der Waals surface area contributed by atoms with E-state index in [-0.39, 0.29) is 0 Å². The Bertz CT molecular complexity index is 546. The molecule has 0 heteroatoms. The molecule has 19 heavy (non-hydrogen) atoms. The predicted octanol–water partition coefficient (Wildman–Crippen LogP) is 5.73. The van der Waals surface area contributed by atoms with Gasteiger partial charge in [-0.2, -0.15) is 6.07 Å². The molecule has 1 aliphatic rings. The van der Waals surface area contributed by atoms with Crippen LogP contribution in [0, 0.1) is 17.8 Å². The van der Waals surface area contributed by atoms with Crippen molar-refractivity contribution in [2.24, 2.45) is 17.8 Å². The van der Waals surface area contributed by atoms with Crippen LogP contribution in [0.1, 0.15) is 51.5 Å². The minimum absolute atomic E-state index is 0.767. The molecule has 102 valence electrons. The van der Waals surface area contributed by atoms with Gasteiger partial charge in [-0.25, -0.2) is 0 Å². The first-order valence-corrected chi connectivity index (χ1v) is 7.81. The third kappa shape index (κ3) is 2.33. The summed E-state index contributed by atoms with van der Waals surface area (Å²) in [6, 6.07) is 13.6. The maximum absolute atomic E-state index is 2.43. The zero-order valence-corrected chi connectivity index (χ0v) is 12.4. The van der Waals surface area contributed by atoms with E-state index in [0.717, 1.165) is 23.7 Å². The van der Waals surface area contributed by atoms with Crippen LogP contribution in [-0.2, 0) is 0 Å². The van der Waals surface area contributed by atoms with Gasteiger partial charge in [0.15, 0.2) is 0 Å².